The van der Waals surface area contributed by atoms with Crippen molar-refractivity contribution in [2.75, 3.05) is 0 Å². The second-order valence-electron chi connectivity index (χ2n) is 7.23. The molecule has 29 heavy (non-hydrogen) atoms. The van der Waals surface area contributed by atoms with E-state index in [1.165, 1.54) is 19.1 Å². The minimum atomic E-state index is -1.04. The van der Waals surface area contributed by atoms with Crippen molar-refractivity contribution in [1.29, 1.82) is 5.26 Å². The zero-order valence-corrected chi connectivity index (χ0v) is 17.1. The number of ether oxygens (including phenoxy) is 1. The molecule has 1 atom stereocenters. The van der Waals surface area contributed by atoms with Gasteiger partial charge in [-0.25, -0.2) is 14.2 Å². The molecule has 0 spiro atoms. The maximum absolute atomic E-state index is 13.1. The van der Waals surface area contributed by atoms with Crippen molar-refractivity contribution in [1.82, 2.24) is 10.3 Å². The van der Waals surface area contributed by atoms with Gasteiger partial charge in [-0.05, 0) is 51.0 Å². The molecular formula is C21H22FN3O3S. The largest absolute Gasteiger partial charge is 0.448 e. The summed E-state index contributed by atoms with van der Waals surface area (Å²) in [5.41, 5.74) is 0.289. The first-order chi connectivity index (χ1) is 13.8. The summed E-state index contributed by atoms with van der Waals surface area (Å²) in [6, 6.07) is 8.04. The van der Waals surface area contributed by atoms with Gasteiger partial charge in [-0.3, -0.25) is 4.79 Å². The highest BCUT2D eigenvalue weighted by Crippen LogP contribution is 2.30. The van der Waals surface area contributed by atoms with E-state index in [-0.39, 0.29) is 10.7 Å². The summed E-state index contributed by atoms with van der Waals surface area (Å²) in [6.07, 6.45) is 2.98. The fourth-order valence-corrected chi connectivity index (χ4v) is 4.28. The molecule has 0 radical (unpaired) electrons. The van der Waals surface area contributed by atoms with Gasteiger partial charge in [-0.1, -0.05) is 19.3 Å². The van der Waals surface area contributed by atoms with Crippen LogP contribution < -0.4 is 5.32 Å². The Kier molecular flexibility index (Phi) is 6.28. The van der Waals surface area contributed by atoms with Crippen LogP contribution in [0.25, 0.3) is 10.6 Å². The van der Waals surface area contributed by atoms with Crippen LogP contribution in [0.4, 0.5) is 4.39 Å². The van der Waals surface area contributed by atoms with Gasteiger partial charge in [-0.15, -0.1) is 11.3 Å². The van der Waals surface area contributed by atoms with Crippen LogP contribution in [-0.2, 0) is 9.53 Å². The van der Waals surface area contributed by atoms with E-state index in [2.05, 4.69) is 16.4 Å². The number of carbonyl (C=O) groups is 2. The van der Waals surface area contributed by atoms with Crippen molar-refractivity contribution in [2.45, 2.75) is 57.6 Å². The van der Waals surface area contributed by atoms with Crippen LogP contribution in [-0.4, -0.2) is 28.5 Å². The van der Waals surface area contributed by atoms with Crippen molar-refractivity contribution in [3.05, 3.63) is 40.7 Å². The molecule has 0 bridgehead atoms. The molecule has 3 rings (SSSR count). The number of aryl methyl sites for hydroxylation is 1. The standard InChI is InChI=1S/C21H22FN3O3S/c1-13-17(29-19(24-13)15-6-8-16(22)9-7-15)20(27)28-14(2)18(26)25-21(12-23)10-4-3-5-11-21/h6-9,14H,3-5,10-11H2,1-2H3,(H,25,26)/t14-/m1/s1. The number of rotatable bonds is 5. The number of benzene rings is 1. The molecule has 1 amide bonds. The van der Waals surface area contributed by atoms with Gasteiger partial charge >= 0.3 is 5.97 Å². The number of nitrogens with one attached hydrogen (secondary N) is 1. The number of hydrogen-bond acceptors (Lipinski definition) is 6. The van der Waals surface area contributed by atoms with Gasteiger partial charge in [0.1, 0.15) is 21.2 Å². The monoisotopic (exact) mass is 415 g/mol. The summed E-state index contributed by atoms with van der Waals surface area (Å²) in [7, 11) is 0. The number of nitriles is 1. The Morgan fingerprint density at radius 3 is 2.55 bits per heavy atom. The lowest BCUT2D eigenvalue weighted by Gasteiger charge is -2.32. The summed E-state index contributed by atoms with van der Waals surface area (Å²) < 4.78 is 18.4. The van der Waals surface area contributed by atoms with Crippen molar-refractivity contribution in [2.24, 2.45) is 0 Å². The molecule has 8 heteroatoms. The SMILES string of the molecule is Cc1nc(-c2ccc(F)cc2)sc1C(=O)O[C@H](C)C(=O)NC1(C#N)CCCCC1. The van der Waals surface area contributed by atoms with Crippen molar-refractivity contribution < 1.29 is 18.7 Å². The average Bonchev–Trinajstić information content (AvgIpc) is 3.11. The highest BCUT2D eigenvalue weighted by Gasteiger charge is 2.35. The maximum atomic E-state index is 13.1. The smallest absolute Gasteiger partial charge is 0.351 e. The molecule has 1 heterocycles. The predicted molar refractivity (Wildman–Crippen MR) is 107 cm³/mol. The number of nitrogens with zero attached hydrogens (tertiary/aromatic N) is 2. The van der Waals surface area contributed by atoms with Crippen LogP contribution in [0.15, 0.2) is 24.3 Å². The molecule has 1 N–H and O–H groups in total. The number of amides is 1. The first-order valence-corrected chi connectivity index (χ1v) is 10.3. The van der Waals surface area contributed by atoms with E-state index in [0.29, 0.717) is 29.1 Å². The van der Waals surface area contributed by atoms with Crippen LogP contribution in [0.3, 0.4) is 0 Å². The molecule has 6 nitrogen and oxygen atoms in total. The number of aromatic nitrogens is 1. The molecule has 1 aromatic heterocycles. The molecule has 0 aliphatic heterocycles. The Labute approximate surface area is 172 Å². The van der Waals surface area contributed by atoms with Crippen molar-refractivity contribution in [3.63, 3.8) is 0 Å². The minimum Gasteiger partial charge on any atom is -0.448 e. The van der Waals surface area contributed by atoms with Gasteiger partial charge in [0, 0.05) is 5.56 Å². The highest BCUT2D eigenvalue weighted by atomic mass is 32.1. The van der Waals surface area contributed by atoms with Gasteiger partial charge < -0.3 is 10.1 Å². The number of esters is 1. The molecule has 2 aromatic rings. The van der Waals surface area contributed by atoms with Crippen LogP contribution in [0.2, 0.25) is 0 Å². The molecule has 0 saturated heterocycles. The second-order valence-corrected chi connectivity index (χ2v) is 8.23. The van der Waals surface area contributed by atoms with Crippen LogP contribution >= 0.6 is 11.3 Å². The maximum Gasteiger partial charge on any atom is 0.351 e. The highest BCUT2D eigenvalue weighted by molar-refractivity contribution is 7.17. The Morgan fingerprint density at radius 1 is 1.28 bits per heavy atom. The lowest BCUT2D eigenvalue weighted by molar-refractivity contribution is -0.130. The third kappa shape index (κ3) is 4.80. The van der Waals surface area contributed by atoms with E-state index < -0.39 is 23.5 Å². The van der Waals surface area contributed by atoms with Crippen LogP contribution in [0, 0.1) is 24.1 Å². The predicted octanol–water partition coefficient (Wildman–Crippen LogP) is 4.15. The van der Waals surface area contributed by atoms with Crippen molar-refractivity contribution in [3.8, 4) is 16.6 Å². The van der Waals surface area contributed by atoms with E-state index in [9.17, 15) is 19.2 Å². The molecule has 1 saturated carbocycles. The third-order valence-corrected chi connectivity index (χ3v) is 6.20. The zero-order chi connectivity index (χ0) is 21.0. The number of carbonyl (C=O) groups excluding carboxylic acids is 2. The van der Waals surface area contributed by atoms with Gasteiger partial charge in [0.05, 0.1) is 11.8 Å². The molecule has 1 aromatic carbocycles. The van der Waals surface area contributed by atoms with Crippen LogP contribution in [0.5, 0.6) is 0 Å². The quantitative estimate of drug-likeness (QED) is 0.741. The van der Waals surface area contributed by atoms with Gasteiger partial charge in [0.15, 0.2) is 6.10 Å². The first kappa shape index (κ1) is 20.9. The first-order valence-electron chi connectivity index (χ1n) is 9.51. The Hall–Kier alpha value is -2.79. The summed E-state index contributed by atoms with van der Waals surface area (Å²) in [4.78, 5) is 29.7. The van der Waals surface area contributed by atoms with E-state index in [1.54, 1.807) is 19.1 Å². The molecule has 1 aliphatic carbocycles. The lowest BCUT2D eigenvalue weighted by atomic mass is 9.83. The normalized spacial score (nSPS) is 16.5. The summed E-state index contributed by atoms with van der Waals surface area (Å²) in [6.45, 7) is 3.16. The topological polar surface area (TPSA) is 92.1 Å². The van der Waals surface area contributed by atoms with E-state index in [1.807, 2.05) is 0 Å². The Morgan fingerprint density at radius 2 is 1.93 bits per heavy atom. The van der Waals surface area contributed by atoms with E-state index in [0.717, 1.165) is 30.6 Å². The van der Waals surface area contributed by atoms with Crippen LogP contribution in [0.1, 0.15) is 54.4 Å². The molecule has 152 valence electrons. The van der Waals surface area contributed by atoms with Gasteiger partial charge in [0.25, 0.3) is 5.91 Å². The summed E-state index contributed by atoms with van der Waals surface area (Å²) in [5, 5.41) is 12.8. The Balaban J connectivity index is 1.67. The molecular weight excluding hydrogens is 393 g/mol. The van der Waals surface area contributed by atoms with Gasteiger partial charge in [0.2, 0.25) is 0 Å². The molecule has 1 aliphatic rings. The number of thiazole rings is 1. The van der Waals surface area contributed by atoms with Gasteiger partial charge in [-0.2, -0.15) is 5.26 Å². The third-order valence-electron chi connectivity index (χ3n) is 5.01. The number of hydrogen-bond donors (Lipinski definition) is 1. The Bertz CT molecular complexity index is 943. The fourth-order valence-electron chi connectivity index (χ4n) is 3.33. The molecule has 1 fully saturated rings. The van der Waals surface area contributed by atoms with E-state index in [4.69, 9.17) is 4.74 Å². The summed E-state index contributed by atoms with van der Waals surface area (Å²) >= 11 is 1.13. The number of halogens is 1. The minimum absolute atomic E-state index is 0.289. The second kappa shape index (κ2) is 8.70. The molecule has 0 unspecified atom stereocenters. The fraction of sp³-hybridized carbons (Fsp3) is 0.429. The zero-order valence-electron chi connectivity index (χ0n) is 16.3. The lowest BCUT2D eigenvalue weighted by Crippen LogP contribution is -2.52. The van der Waals surface area contributed by atoms with E-state index >= 15 is 0 Å². The summed E-state index contributed by atoms with van der Waals surface area (Å²) in [5.74, 6) is -1.48. The average molecular weight is 415 g/mol. The van der Waals surface area contributed by atoms with Crippen molar-refractivity contribution >= 4 is 23.2 Å².